The van der Waals surface area contributed by atoms with Crippen molar-refractivity contribution in [2.75, 3.05) is 5.73 Å². The summed E-state index contributed by atoms with van der Waals surface area (Å²) in [4.78, 5) is 33.5. The number of fused-ring (bicyclic) bond motifs is 1. The van der Waals surface area contributed by atoms with E-state index in [1.165, 1.54) is 6.33 Å². The summed E-state index contributed by atoms with van der Waals surface area (Å²) in [5.41, 5.74) is 5.44. The topological polar surface area (TPSA) is 153 Å². The molecule has 118 valence electrons. The van der Waals surface area contributed by atoms with Gasteiger partial charge in [0.05, 0.1) is 11.9 Å². The summed E-state index contributed by atoms with van der Waals surface area (Å²) in [6, 6.07) is -0.119. The molecule has 0 saturated heterocycles. The molecule has 0 aromatic carbocycles. The fourth-order valence-corrected chi connectivity index (χ4v) is 3.24. The molecule has 24 heavy (non-hydrogen) atoms. The average Bonchev–Trinajstić information content (AvgIpc) is 3.01. The van der Waals surface area contributed by atoms with Crippen LogP contribution < -0.4 is 74.6 Å². The Morgan fingerprint density at radius 3 is 2.75 bits per heavy atom. The van der Waals surface area contributed by atoms with E-state index < -0.39 is 13.2 Å². The summed E-state index contributed by atoms with van der Waals surface area (Å²) in [6.45, 7) is 0. The number of imidazole rings is 1. The number of hydrogen-bond donors (Lipinski definition) is 2. The molecule has 0 bridgehead atoms. The first-order valence-corrected chi connectivity index (χ1v) is 8.26. The van der Waals surface area contributed by atoms with Gasteiger partial charge in [-0.1, -0.05) is 11.9 Å². The molecule has 3 N–H and O–H groups in total. The minimum absolute atomic E-state index is 0. The number of aromatic nitrogens is 4. The van der Waals surface area contributed by atoms with Crippen LogP contribution in [0.3, 0.4) is 0 Å². The summed E-state index contributed by atoms with van der Waals surface area (Å²) in [5, 5.41) is 10.4. The molecule has 2 atom stereocenters. The number of nitrogen functional groups attached to an aromatic ring is 1. The Balaban J connectivity index is 0.00000144. The van der Waals surface area contributed by atoms with E-state index in [0.717, 1.165) is 6.08 Å². The summed E-state index contributed by atoms with van der Waals surface area (Å²) < 4.78 is 12.5. The molecule has 0 spiro atoms. The van der Waals surface area contributed by atoms with E-state index in [1.54, 1.807) is 10.9 Å². The van der Waals surface area contributed by atoms with Crippen LogP contribution in [0.2, 0.25) is 0 Å². The molecule has 2 aromatic heterocycles. The van der Waals surface area contributed by atoms with Crippen LogP contribution in [0.1, 0.15) is 25.3 Å². The molecule has 3 rings (SSSR count). The van der Waals surface area contributed by atoms with Gasteiger partial charge in [-0.3, -0.25) is 0 Å². The smallest absolute Gasteiger partial charge is 0.808 e. The van der Waals surface area contributed by atoms with E-state index in [-0.39, 0.29) is 77.4 Å². The van der Waals surface area contributed by atoms with Crippen molar-refractivity contribution in [3.63, 3.8) is 0 Å². The molecule has 0 radical (unpaired) electrons. The molecular weight excluding hydrogens is 355 g/mol. The van der Waals surface area contributed by atoms with Crippen molar-refractivity contribution in [3.05, 3.63) is 24.5 Å². The largest absolute Gasteiger partial charge is 1.00 e. The van der Waals surface area contributed by atoms with Crippen LogP contribution in [0, 0.1) is 0 Å². The van der Waals surface area contributed by atoms with Crippen LogP contribution in [0.4, 0.5) is 5.82 Å². The molecule has 1 fully saturated rings. The Morgan fingerprint density at radius 2 is 2.08 bits per heavy atom. The van der Waals surface area contributed by atoms with Gasteiger partial charge in [-0.25, -0.2) is 15.0 Å². The second-order valence-electron chi connectivity index (χ2n) is 5.44. The molecule has 2 aromatic rings. The molecule has 0 aliphatic heterocycles. The number of hydrogen-bond acceptors (Lipinski definition) is 8. The minimum atomic E-state index is -4.78. The fraction of sp³-hybridized carbons (Fsp3) is 0.417. The van der Waals surface area contributed by atoms with E-state index >= 15 is 0 Å². The summed E-state index contributed by atoms with van der Waals surface area (Å²) >= 11 is 0. The first-order valence-electron chi connectivity index (χ1n) is 6.65. The van der Waals surface area contributed by atoms with Gasteiger partial charge in [0, 0.05) is 12.5 Å². The zero-order chi connectivity index (χ0) is 16.0. The number of nitrogens with zero attached hydrogens (tertiary/aromatic N) is 4. The van der Waals surface area contributed by atoms with Crippen LogP contribution in [0.25, 0.3) is 11.2 Å². The van der Waals surface area contributed by atoms with E-state index in [1.807, 2.05) is 0 Å². The van der Waals surface area contributed by atoms with Gasteiger partial charge in [-0.05, 0) is 20.4 Å². The van der Waals surface area contributed by atoms with Crippen LogP contribution in [0.15, 0.2) is 24.5 Å². The summed E-state index contributed by atoms with van der Waals surface area (Å²) in [6.07, 6.45) is 5.17. The Hall–Kier alpha value is 0.200. The quantitative estimate of drug-likeness (QED) is 0.400. The van der Waals surface area contributed by atoms with Crippen LogP contribution in [-0.4, -0.2) is 30.2 Å². The van der Waals surface area contributed by atoms with Crippen molar-refractivity contribution in [2.24, 2.45) is 0 Å². The number of anilines is 1. The second-order valence-corrected chi connectivity index (χ2v) is 6.82. The van der Waals surface area contributed by atoms with Gasteiger partial charge in [0.2, 0.25) is 0 Å². The van der Waals surface area contributed by atoms with Crippen molar-refractivity contribution in [1.29, 1.82) is 0 Å². The van der Waals surface area contributed by atoms with Gasteiger partial charge in [0.15, 0.2) is 11.5 Å². The van der Waals surface area contributed by atoms with E-state index in [0.29, 0.717) is 29.8 Å². The Labute approximate surface area is 182 Å². The van der Waals surface area contributed by atoms with Crippen molar-refractivity contribution >= 4 is 24.6 Å². The minimum Gasteiger partial charge on any atom is -0.808 e. The molecule has 2 heterocycles. The third-order valence-corrected chi connectivity index (χ3v) is 4.36. The van der Waals surface area contributed by atoms with E-state index in [9.17, 15) is 19.5 Å². The zero-order valence-electron chi connectivity index (χ0n) is 13.5. The van der Waals surface area contributed by atoms with E-state index in [4.69, 9.17) is 5.73 Å². The van der Waals surface area contributed by atoms with Crippen molar-refractivity contribution < 1.29 is 78.6 Å². The molecule has 9 nitrogen and oxygen atoms in total. The monoisotopic (exact) mass is 369 g/mol. The maximum atomic E-state index is 10.7. The van der Waals surface area contributed by atoms with Crippen molar-refractivity contribution in [3.8, 4) is 0 Å². The summed E-state index contributed by atoms with van der Waals surface area (Å²) in [7, 11) is -4.78. The third-order valence-electron chi connectivity index (χ3n) is 3.85. The van der Waals surface area contributed by atoms with Crippen molar-refractivity contribution in [2.45, 2.75) is 30.9 Å². The van der Waals surface area contributed by atoms with Crippen LogP contribution in [0.5, 0.6) is 0 Å². The zero-order valence-corrected chi connectivity index (χ0v) is 18.4. The number of aliphatic hydroxyl groups is 1. The number of nitrogens with two attached hydrogens (primary N) is 1. The molecule has 0 unspecified atom stereocenters. The van der Waals surface area contributed by atoms with Gasteiger partial charge < -0.3 is 29.8 Å². The van der Waals surface area contributed by atoms with Gasteiger partial charge in [-0.15, -0.1) is 0 Å². The Bertz CT molecular complexity index is 795. The van der Waals surface area contributed by atoms with Gasteiger partial charge >= 0.3 is 59.1 Å². The molecule has 1 aliphatic carbocycles. The maximum Gasteiger partial charge on any atom is 1.00 e. The van der Waals surface area contributed by atoms with E-state index in [2.05, 4.69) is 15.0 Å². The van der Waals surface area contributed by atoms with Gasteiger partial charge in [-0.2, -0.15) is 0 Å². The third kappa shape index (κ3) is 4.88. The summed E-state index contributed by atoms with van der Waals surface area (Å²) in [5.74, 6) is 0.803. The molecule has 12 heteroatoms. The molecule has 1 aliphatic rings. The SMILES string of the molecule is Nc1ncnc2c1ncn2[C@H]1CC[C@@](O)(/C=C/P(=O)([O-])[O-])C1.[Na+].[Na+]. The van der Waals surface area contributed by atoms with Crippen molar-refractivity contribution in [1.82, 2.24) is 19.5 Å². The van der Waals surface area contributed by atoms with Crippen LogP contribution >= 0.6 is 7.60 Å². The fourth-order valence-electron chi connectivity index (χ4n) is 2.78. The number of rotatable bonds is 3. The second kappa shape index (κ2) is 8.26. The first-order chi connectivity index (χ1) is 10.3. The predicted molar refractivity (Wildman–Crippen MR) is 74.3 cm³/mol. The average molecular weight is 369 g/mol. The molecule has 1 saturated carbocycles. The predicted octanol–water partition coefficient (Wildman–Crippen LogP) is -6.70. The van der Waals surface area contributed by atoms with Gasteiger partial charge in [0.1, 0.15) is 11.8 Å². The molecular formula is C12H14N5Na2O4P. The van der Waals surface area contributed by atoms with Crippen LogP contribution in [-0.2, 0) is 4.57 Å². The van der Waals surface area contributed by atoms with Gasteiger partial charge in [0.25, 0.3) is 0 Å². The maximum absolute atomic E-state index is 10.7. The Morgan fingerprint density at radius 1 is 1.38 bits per heavy atom. The normalized spacial score (nSPS) is 24.0. The molecule has 0 amide bonds. The standard InChI is InChI=1S/C12H16N5O4P.2Na/c13-10-9-11(15-6-14-10)17(7-16-9)8-1-2-12(18,5-8)3-4-22(19,20)21;;/h3-4,6-8,18H,1-2,5H2,(H2,13,14,15)(H2,19,20,21);;/q;2*+1/p-2/b4-3+;;/t8-,12+;;/m0../s1. The first kappa shape index (κ1) is 22.2. The Kier molecular flexibility index (Phi) is 7.66.